The van der Waals surface area contributed by atoms with Crippen LogP contribution < -0.4 is 19.5 Å². The zero-order chi connectivity index (χ0) is 25.8. The number of nitrogens with zero attached hydrogens (tertiary/aromatic N) is 1. The van der Waals surface area contributed by atoms with Gasteiger partial charge in [-0.1, -0.05) is 36.6 Å². The molecule has 2 aliphatic rings. The predicted octanol–water partition coefficient (Wildman–Crippen LogP) is 1.72. The predicted molar refractivity (Wildman–Crippen MR) is 136 cm³/mol. The van der Waals surface area contributed by atoms with Gasteiger partial charge in [-0.3, -0.25) is 9.59 Å². The van der Waals surface area contributed by atoms with Crippen LogP contribution in [0, 0.1) is 0 Å². The molecule has 0 aromatic heterocycles. The zero-order valence-electron chi connectivity index (χ0n) is 21.2. The normalized spacial score (nSPS) is 20.5. The average molecular weight is 491 g/mol. The third-order valence-corrected chi connectivity index (χ3v) is 6.94. The summed E-state index contributed by atoms with van der Waals surface area (Å²) in [6, 6.07) is 11.7. The molecule has 2 aliphatic heterocycles. The lowest BCUT2D eigenvalue weighted by molar-refractivity contribution is -0.895. The highest BCUT2D eigenvalue weighted by molar-refractivity contribution is 6.46. The van der Waals surface area contributed by atoms with Crippen LogP contribution in [-0.4, -0.2) is 55.5 Å². The molecule has 2 heterocycles. The van der Waals surface area contributed by atoms with Gasteiger partial charge < -0.3 is 24.4 Å². The van der Waals surface area contributed by atoms with Crippen LogP contribution in [0.5, 0.6) is 11.5 Å². The summed E-state index contributed by atoms with van der Waals surface area (Å²) in [6.45, 7) is 13.0. The molecule has 2 atom stereocenters. The summed E-state index contributed by atoms with van der Waals surface area (Å²) in [5, 5.41) is 13.8. The second kappa shape index (κ2) is 11.0. The molecule has 190 valence electrons. The second-order valence-electron chi connectivity index (χ2n) is 9.31. The van der Waals surface area contributed by atoms with Crippen LogP contribution in [0.15, 0.2) is 60.7 Å². The third kappa shape index (κ3) is 5.02. The van der Waals surface area contributed by atoms with E-state index in [0.29, 0.717) is 43.0 Å². The van der Waals surface area contributed by atoms with Gasteiger partial charge in [-0.05, 0) is 61.7 Å². The van der Waals surface area contributed by atoms with Gasteiger partial charge in [0.05, 0.1) is 32.2 Å². The molecule has 0 aliphatic carbocycles. The number of rotatable bonds is 10. The van der Waals surface area contributed by atoms with Gasteiger partial charge in [-0.15, -0.1) is 0 Å². The number of nitrogens with one attached hydrogen (secondary N) is 1. The highest BCUT2D eigenvalue weighted by atomic mass is 16.5. The molecule has 0 radical (unpaired) electrons. The molecule has 0 saturated carbocycles. The molecular weight excluding hydrogens is 456 g/mol. The van der Waals surface area contributed by atoms with Crippen molar-refractivity contribution in [2.45, 2.75) is 39.3 Å². The van der Waals surface area contributed by atoms with Crippen LogP contribution in [-0.2, 0) is 16.0 Å². The highest BCUT2D eigenvalue weighted by Crippen LogP contribution is 2.40. The van der Waals surface area contributed by atoms with Crippen molar-refractivity contribution in [1.82, 2.24) is 4.90 Å². The Labute approximate surface area is 212 Å². The van der Waals surface area contributed by atoms with Crippen molar-refractivity contribution in [2.75, 3.05) is 32.8 Å². The largest absolute Gasteiger partial charge is 0.872 e. The van der Waals surface area contributed by atoms with E-state index in [1.54, 1.807) is 41.3 Å². The molecule has 0 spiro atoms. The molecule has 0 bridgehead atoms. The number of hydrogen-bond acceptors (Lipinski definition) is 5. The second-order valence-corrected chi connectivity index (χ2v) is 9.31. The van der Waals surface area contributed by atoms with E-state index >= 15 is 0 Å². The van der Waals surface area contributed by atoms with Gasteiger partial charge in [-0.25, -0.2) is 0 Å². The number of ketones is 1. The van der Waals surface area contributed by atoms with E-state index in [0.717, 1.165) is 24.4 Å². The third-order valence-electron chi connectivity index (χ3n) is 6.94. The van der Waals surface area contributed by atoms with Crippen LogP contribution in [0.2, 0.25) is 0 Å². The molecular formula is C29H34N2O5. The Morgan fingerprint density at radius 1 is 1.22 bits per heavy atom. The van der Waals surface area contributed by atoms with Gasteiger partial charge >= 0.3 is 0 Å². The van der Waals surface area contributed by atoms with Gasteiger partial charge in [0.15, 0.2) is 0 Å². The van der Waals surface area contributed by atoms with Crippen molar-refractivity contribution in [2.24, 2.45) is 0 Å². The van der Waals surface area contributed by atoms with Crippen molar-refractivity contribution in [3.05, 3.63) is 77.4 Å². The maximum absolute atomic E-state index is 13.8. The van der Waals surface area contributed by atoms with E-state index in [4.69, 9.17) is 9.47 Å². The first kappa shape index (κ1) is 25.5. The van der Waals surface area contributed by atoms with Crippen LogP contribution in [0.25, 0.3) is 5.76 Å². The number of benzene rings is 2. The minimum atomic E-state index is -0.775. The minimum absolute atomic E-state index is 0.0117. The quantitative estimate of drug-likeness (QED) is 0.237. The number of quaternary nitrogens is 1. The van der Waals surface area contributed by atoms with E-state index in [-0.39, 0.29) is 11.7 Å². The van der Waals surface area contributed by atoms with Crippen LogP contribution >= 0.6 is 0 Å². The standard InChI is InChI=1S/C29H34N2O5/c1-5-15-35-23-10-8-9-20(18-23)26-25(28(33)29(34)31(26)14-13-30(6-2)7-3)27(32)21-11-12-24-22(17-21)16-19(4)36-24/h5,8-12,17-19,26,32H,1,6-7,13-16H2,2-4H3. The minimum Gasteiger partial charge on any atom is -0.872 e. The summed E-state index contributed by atoms with van der Waals surface area (Å²) in [7, 11) is 0. The lowest BCUT2D eigenvalue weighted by Gasteiger charge is -2.29. The van der Waals surface area contributed by atoms with Crippen molar-refractivity contribution >= 4 is 17.4 Å². The molecule has 4 rings (SSSR count). The fourth-order valence-electron chi connectivity index (χ4n) is 4.98. The molecule has 2 aromatic carbocycles. The Bertz CT molecular complexity index is 1180. The molecule has 2 aromatic rings. The summed E-state index contributed by atoms with van der Waals surface area (Å²) in [5.41, 5.74) is 1.99. The Kier molecular flexibility index (Phi) is 7.79. The summed E-state index contributed by atoms with van der Waals surface area (Å²) in [4.78, 5) is 29.4. The monoisotopic (exact) mass is 490 g/mol. The lowest BCUT2D eigenvalue weighted by atomic mass is 9.94. The number of amides is 1. The van der Waals surface area contributed by atoms with Gasteiger partial charge in [0, 0.05) is 12.0 Å². The maximum atomic E-state index is 13.8. The molecule has 7 nitrogen and oxygen atoms in total. The molecule has 36 heavy (non-hydrogen) atoms. The number of carbonyl (C=O) groups is 2. The maximum Gasteiger partial charge on any atom is 0.295 e. The highest BCUT2D eigenvalue weighted by Gasteiger charge is 2.44. The summed E-state index contributed by atoms with van der Waals surface area (Å²) < 4.78 is 11.5. The SMILES string of the molecule is C=CCOc1cccc(C2C(=C([O-])c3ccc4c(c3)CC(C)O4)C(=O)C(=O)N2CC[NH+](CC)CC)c1. The molecule has 2 unspecified atom stereocenters. The fourth-order valence-corrected chi connectivity index (χ4v) is 4.98. The smallest absolute Gasteiger partial charge is 0.295 e. The fraction of sp³-hybridized carbons (Fsp3) is 0.379. The van der Waals surface area contributed by atoms with E-state index in [1.165, 1.54) is 4.90 Å². The van der Waals surface area contributed by atoms with Crippen molar-refractivity contribution in [3.8, 4) is 11.5 Å². The Morgan fingerprint density at radius 2 is 2.00 bits per heavy atom. The van der Waals surface area contributed by atoms with Gasteiger partial charge in [0.25, 0.3) is 5.91 Å². The summed E-state index contributed by atoms with van der Waals surface area (Å²) in [5.74, 6) is -0.447. The number of likely N-dealkylation sites (N-methyl/N-ethyl adjacent to an activating group) is 1. The van der Waals surface area contributed by atoms with E-state index in [9.17, 15) is 14.7 Å². The number of Topliss-reactive ketones (excluding diaryl/α,β-unsaturated/α-hetero) is 1. The van der Waals surface area contributed by atoms with E-state index < -0.39 is 23.5 Å². The Morgan fingerprint density at radius 3 is 2.72 bits per heavy atom. The summed E-state index contributed by atoms with van der Waals surface area (Å²) >= 11 is 0. The van der Waals surface area contributed by atoms with E-state index in [2.05, 4.69) is 20.4 Å². The molecule has 1 N–H and O–H groups in total. The lowest BCUT2D eigenvalue weighted by Crippen LogP contribution is -3.12. The number of ether oxygens (including phenoxy) is 2. The first-order valence-corrected chi connectivity index (χ1v) is 12.6. The van der Waals surface area contributed by atoms with Crippen molar-refractivity contribution in [3.63, 3.8) is 0 Å². The number of fused-ring (bicyclic) bond motifs is 1. The number of carbonyl (C=O) groups excluding carboxylic acids is 2. The van der Waals surface area contributed by atoms with Crippen molar-refractivity contribution < 1.29 is 29.1 Å². The molecule has 1 fully saturated rings. The van der Waals surface area contributed by atoms with Gasteiger partial charge in [-0.2, -0.15) is 0 Å². The first-order chi connectivity index (χ1) is 17.4. The number of likely N-dealkylation sites (tertiary alicyclic amines) is 1. The Hall–Kier alpha value is -3.58. The first-order valence-electron chi connectivity index (χ1n) is 12.6. The van der Waals surface area contributed by atoms with Crippen LogP contribution in [0.4, 0.5) is 0 Å². The van der Waals surface area contributed by atoms with Gasteiger partial charge in [0.2, 0.25) is 5.78 Å². The van der Waals surface area contributed by atoms with Crippen LogP contribution in [0.3, 0.4) is 0 Å². The topological polar surface area (TPSA) is 83.3 Å². The van der Waals surface area contributed by atoms with Gasteiger partial charge in [0.1, 0.15) is 24.2 Å². The van der Waals surface area contributed by atoms with E-state index in [1.807, 2.05) is 19.1 Å². The molecule has 1 amide bonds. The Balaban J connectivity index is 1.78. The van der Waals surface area contributed by atoms with Crippen LogP contribution in [0.1, 0.15) is 43.5 Å². The summed E-state index contributed by atoms with van der Waals surface area (Å²) in [6.07, 6.45) is 2.38. The average Bonchev–Trinajstić information content (AvgIpc) is 3.38. The molecule has 7 heteroatoms. The zero-order valence-corrected chi connectivity index (χ0v) is 21.2. The molecule has 1 saturated heterocycles. The van der Waals surface area contributed by atoms with Crippen molar-refractivity contribution in [1.29, 1.82) is 0 Å². The number of hydrogen-bond donors (Lipinski definition) is 1.